The summed E-state index contributed by atoms with van der Waals surface area (Å²) in [4.78, 5) is 14.6. The Bertz CT molecular complexity index is 659. The van der Waals surface area contributed by atoms with Gasteiger partial charge in [0, 0.05) is 6.08 Å². The zero-order chi connectivity index (χ0) is 14.7. The molecular formula is C12H15N5O2S. The highest BCUT2D eigenvalue weighted by molar-refractivity contribution is 7.12. The third kappa shape index (κ3) is 2.74. The van der Waals surface area contributed by atoms with Crippen molar-refractivity contribution in [2.24, 2.45) is 0 Å². The fourth-order valence-electron chi connectivity index (χ4n) is 1.78. The van der Waals surface area contributed by atoms with E-state index in [4.69, 9.17) is 0 Å². The first kappa shape index (κ1) is 14.3. The second-order valence-corrected chi connectivity index (χ2v) is 5.22. The van der Waals surface area contributed by atoms with Gasteiger partial charge in [-0.25, -0.2) is 9.55 Å². The van der Waals surface area contributed by atoms with E-state index in [2.05, 4.69) is 15.2 Å². The molecule has 0 unspecified atom stereocenters. The number of allylic oxidation sites excluding steroid dienone is 1. The van der Waals surface area contributed by atoms with Crippen LogP contribution in [-0.2, 0) is 13.0 Å². The van der Waals surface area contributed by atoms with Crippen LogP contribution in [0.4, 0.5) is 5.82 Å². The Balaban J connectivity index is 2.36. The first-order valence-corrected chi connectivity index (χ1v) is 7.09. The number of hydrogen-bond donors (Lipinski definition) is 0. The first-order chi connectivity index (χ1) is 9.56. The molecule has 8 heteroatoms. The molecule has 0 radical (unpaired) electrons. The lowest BCUT2D eigenvalue weighted by atomic mass is 10.3. The Morgan fingerprint density at radius 2 is 2.25 bits per heavy atom. The summed E-state index contributed by atoms with van der Waals surface area (Å²) in [6.07, 6.45) is 3.93. The summed E-state index contributed by atoms with van der Waals surface area (Å²) in [5, 5.41) is 20.9. The molecule has 7 nitrogen and oxygen atoms in total. The fraction of sp³-hybridized carbons (Fsp3) is 0.417. The van der Waals surface area contributed by atoms with Gasteiger partial charge in [-0.05, 0) is 30.8 Å². The molecule has 0 saturated heterocycles. The number of aromatic nitrogens is 4. The van der Waals surface area contributed by atoms with Crippen LogP contribution in [0.5, 0.6) is 0 Å². The minimum atomic E-state index is -0.427. The molecule has 106 valence electrons. The summed E-state index contributed by atoms with van der Waals surface area (Å²) in [5.74, 6) is 0.558. The summed E-state index contributed by atoms with van der Waals surface area (Å²) in [6.45, 7) is 6.27. The molecule has 2 aromatic heterocycles. The van der Waals surface area contributed by atoms with Crippen molar-refractivity contribution in [1.82, 2.24) is 19.7 Å². The van der Waals surface area contributed by atoms with E-state index in [0.29, 0.717) is 12.4 Å². The third-order valence-corrected chi connectivity index (χ3v) is 4.02. The van der Waals surface area contributed by atoms with Crippen LogP contribution < -0.4 is 0 Å². The number of rotatable bonds is 5. The Labute approximate surface area is 120 Å². The Hall–Kier alpha value is -2.09. The molecule has 20 heavy (non-hydrogen) atoms. The van der Waals surface area contributed by atoms with Gasteiger partial charge in [0.05, 0.1) is 6.54 Å². The molecular weight excluding hydrogens is 278 g/mol. The first-order valence-electron chi connectivity index (χ1n) is 6.27. The van der Waals surface area contributed by atoms with Crippen molar-refractivity contribution in [3.63, 3.8) is 0 Å². The molecule has 2 aromatic rings. The normalized spacial score (nSPS) is 11.8. The van der Waals surface area contributed by atoms with Crippen LogP contribution in [0, 0.1) is 10.1 Å². The largest absolute Gasteiger partial charge is 0.358 e. The smallest absolute Gasteiger partial charge is 0.343 e. The summed E-state index contributed by atoms with van der Waals surface area (Å²) >= 11 is 1.53. The monoisotopic (exact) mass is 293 g/mol. The molecule has 0 saturated carbocycles. The number of nitro groups is 1. The van der Waals surface area contributed by atoms with Crippen LogP contribution in [0.3, 0.4) is 0 Å². The van der Waals surface area contributed by atoms with Crippen molar-refractivity contribution < 1.29 is 4.92 Å². The van der Waals surface area contributed by atoms with Crippen LogP contribution in [0.25, 0.3) is 11.6 Å². The van der Waals surface area contributed by atoms with Crippen LogP contribution in [0.2, 0.25) is 0 Å². The SMILES string of the molecule is CCc1nnc(/C(C)=C/c2ncc([N+](=O)[O-])n2CC)s1. The maximum absolute atomic E-state index is 10.9. The summed E-state index contributed by atoms with van der Waals surface area (Å²) in [7, 11) is 0. The Morgan fingerprint density at radius 3 is 2.80 bits per heavy atom. The van der Waals surface area contributed by atoms with Crippen molar-refractivity contribution in [3.8, 4) is 0 Å². The topological polar surface area (TPSA) is 86.7 Å². The van der Waals surface area contributed by atoms with Crippen LogP contribution in [-0.4, -0.2) is 24.7 Å². The summed E-state index contributed by atoms with van der Waals surface area (Å²) in [6, 6.07) is 0. The molecule has 0 atom stereocenters. The van der Waals surface area contributed by atoms with E-state index in [9.17, 15) is 10.1 Å². The lowest BCUT2D eigenvalue weighted by Gasteiger charge is -1.99. The minimum Gasteiger partial charge on any atom is -0.358 e. The van der Waals surface area contributed by atoms with Gasteiger partial charge in [-0.15, -0.1) is 10.2 Å². The van der Waals surface area contributed by atoms with E-state index in [-0.39, 0.29) is 5.82 Å². The zero-order valence-electron chi connectivity index (χ0n) is 11.5. The molecule has 0 aromatic carbocycles. The molecule has 0 fully saturated rings. The van der Waals surface area contributed by atoms with Crippen LogP contribution >= 0.6 is 11.3 Å². The highest BCUT2D eigenvalue weighted by atomic mass is 32.1. The molecule has 0 spiro atoms. The lowest BCUT2D eigenvalue weighted by molar-refractivity contribution is -0.392. The van der Waals surface area contributed by atoms with E-state index < -0.39 is 4.92 Å². The second-order valence-electron chi connectivity index (χ2n) is 4.16. The molecule has 0 aliphatic rings. The number of hydrogen-bond acceptors (Lipinski definition) is 6. The van der Waals surface area contributed by atoms with Gasteiger partial charge in [-0.1, -0.05) is 18.3 Å². The highest BCUT2D eigenvalue weighted by Gasteiger charge is 2.17. The molecule has 0 bridgehead atoms. The van der Waals surface area contributed by atoms with Gasteiger partial charge in [0.25, 0.3) is 0 Å². The van der Waals surface area contributed by atoms with Gasteiger partial charge in [0.1, 0.15) is 16.2 Å². The van der Waals surface area contributed by atoms with E-state index in [0.717, 1.165) is 22.0 Å². The van der Waals surface area contributed by atoms with Gasteiger partial charge in [0.15, 0.2) is 0 Å². The molecule has 2 rings (SSSR count). The van der Waals surface area contributed by atoms with Gasteiger partial charge in [0.2, 0.25) is 5.82 Å². The Morgan fingerprint density at radius 1 is 1.50 bits per heavy atom. The quantitative estimate of drug-likeness (QED) is 0.625. The van der Waals surface area contributed by atoms with Crippen molar-refractivity contribution >= 4 is 28.8 Å². The number of aryl methyl sites for hydroxylation is 1. The Kier molecular flexibility index (Phi) is 4.23. The second kappa shape index (κ2) is 5.91. The molecule has 0 aliphatic heterocycles. The van der Waals surface area contributed by atoms with Gasteiger partial charge in [-0.3, -0.25) is 0 Å². The van der Waals surface area contributed by atoms with E-state index in [1.807, 2.05) is 20.8 Å². The standard InChI is InChI=1S/C12H15N5O2S/c1-4-10-14-15-12(20-10)8(3)6-9-13-7-11(17(18)19)16(9)5-2/h6-7H,4-5H2,1-3H3/b8-6+. The van der Waals surface area contributed by atoms with Crippen molar-refractivity contribution in [2.45, 2.75) is 33.7 Å². The minimum absolute atomic E-state index is 0.00180. The predicted octanol–water partition coefficient (Wildman–Crippen LogP) is 2.79. The van der Waals surface area contributed by atoms with E-state index in [1.165, 1.54) is 17.5 Å². The third-order valence-electron chi connectivity index (χ3n) is 2.82. The maximum atomic E-state index is 10.9. The summed E-state index contributed by atoms with van der Waals surface area (Å²) < 4.78 is 1.56. The fourth-order valence-corrected chi connectivity index (χ4v) is 2.53. The molecule has 0 amide bonds. The highest BCUT2D eigenvalue weighted by Crippen LogP contribution is 2.23. The van der Waals surface area contributed by atoms with Gasteiger partial charge < -0.3 is 10.1 Å². The predicted molar refractivity (Wildman–Crippen MR) is 77.4 cm³/mol. The van der Waals surface area contributed by atoms with Crippen molar-refractivity contribution in [1.29, 1.82) is 0 Å². The van der Waals surface area contributed by atoms with E-state index in [1.54, 1.807) is 10.6 Å². The van der Waals surface area contributed by atoms with Crippen LogP contribution in [0.15, 0.2) is 6.20 Å². The number of nitrogens with zero attached hydrogens (tertiary/aromatic N) is 5. The zero-order valence-corrected chi connectivity index (χ0v) is 12.3. The molecule has 0 aliphatic carbocycles. The van der Waals surface area contributed by atoms with Gasteiger partial charge in [-0.2, -0.15) is 0 Å². The average molecular weight is 293 g/mol. The molecule has 0 N–H and O–H groups in total. The van der Waals surface area contributed by atoms with Gasteiger partial charge >= 0.3 is 5.82 Å². The average Bonchev–Trinajstić information content (AvgIpc) is 3.04. The molecule has 2 heterocycles. The van der Waals surface area contributed by atoms with E-state index >= 15 is 0 Å². The number of imidazole rings is 1. The maximum Gasteiger partial charge on any atom is 0.343 e. The lowest BCUT2D eigenvalue weighted by Crippen LogP contribution is -2.02. The van der Waals surface area contributed by atoms with Crippen molar-refractivity contribution in [3.05, 3.63) is 32.2 Å². The van der Waals surface area contributed by atoms with Crippen LogP contribution in [0.1, 0.15) is 36.6 Å². The summed E-state index contributed by atoms with van der Waals surface area (Å²) in [5.41, 5.74) is 0.900. The van der Waals surface area contributed by atoms with Crippen molar-refractivity contribution in [2.75, 3.05) is 0 Å².